The van der Waals surface area contributed by atoms with Gasteiger partial charge in [0.1, 0.15) is 0 Å². The van der Waals surface area contributed by atoms with Crippen molar-refractivity contribution < 1.29 is 0 Å². The average molecular weight is 241 g/mol. The molecule has 1 aliphatic rings. The van der Waals surface area contributed by atoms with Crippen LogP contribution in [0.4, 0.5) is 11.4 Å². The lowest BCUT2D eigenvalue weighted by atomic mass is 9.80. The molecule has 1 aromatic heterocycles. The fourth-order valence-corrected chi connectivity index (χ4v) is 2.60. The molecule has 1 atom stereocenters. The SMILES string of the molecule is CC(Nc1ccc2ncccc2c1N)C1CCC1. The Hall–Kier alpha value is -1.77. The van der Waals surface area contributed by atoms with Gasteiger partial charge in [0.25, 0.3) is 0 Å². The summed E-state index contributed by atoms with van der Waals surface area (Å²) in [5.41, 5.74) is 9.03. The molecular formula is C15H19N3. The molecule has 0 aliphatic heterocycles. The Kier molecular flexibility index (Phi) is 2.82. The zero-order valence-electron chi connectivity index (χ0n) is 10.7. The van der Waals surface area contributed by atoms with Gasteiger partial charge in [-0.3, -0.25) is 4.98 Å². The molecule has 0 amide bonds. The van der Waals surface area contributed by atoms with Crippen molar-refractivity contribution in [1.82, 2.24) is 4.98 Å². The normalized spacial score (nSPS) is 17.4. The lowest BCUT2D eigenvalue weighted by Crippen LogP contribution is -2.31. The monoisotopic (exact) mass is 241 g/mol. The number of benzene rings is 1. The van der Waals surface area contributed by atoms with Crippen LogP contribution in [0.3, 0.4) is 0 Å². The molecule has 3 rings (SSSR count). The Morgan fingerprint density at radius 3 is 2.89 bits per heavy atom. The van der Waals surface area contributed by atoms with Gasteiger partial charge in [-0.1, -0.05) is 6.42 Å². The molecule has 2 aromatic rings. The highest BCUT2D eigenvalue weighted by Crippen LogP contribution is 2.33. The van der Waals surface area contributed by atoms with Gasteiger partial charge in [-0.2, -0.15) is 0 Å². The lowest BCUT2D eigenvalue weighted by molar-refractivity contribution is 0.285. The van der Waals surface area contributed by atoms with Crippen LogP contribution in [0.15, 0.2) is 30.5 Å². The van der Waals surface area contributed by atoms with Gasteiger partial charge in [-0.05, 0) is 49.9 Å². The van der Waals surface area contributed by atoms with Gasteiger partial charge in [-0.15, -0.1) is 0 Å². The molecule has 3 heteroatoms. The summed E-state index contributed by atoms with van der Waals surface area (Å²) in [7, 11) is 0. The van der Waals surface area contributed by atoms with Gasteiger partial charge in [0.2, 0.25) is 0 Å². The Labute approximate surface area is 107 Å². The number of hydrogen-bond acceptors (Lipinski definition) is 3. The minimum atomic E-state index is 0.496. The molecule has 0 radical (unpaired) electrons. The van der Waals surface area contributed by atoms with Crippen molar-refractivity contribution in [2.45, 2.75) is 32.2 Å². The Balaban J connectivity index is 1.89. The number of aromatic nitrogens is 1. The van der Waals surface area contributed by atoms with Gasteiger partial charge in [0, 0.05) is 17.6 Å². The Morgan fingerprint density at radius 2 is 2.17 bits per heavy atom. The van der Waals surface area contributed by atoms with Gasteiger partial charge in [-0.25, -0.2) is 0 Å². The number of anilines is 2. The molecular weight excluding hydrogens is 222 g/mol. The zero-order valence-corrected chi connectivity index (χ0v) is 10.7. The quantitative estimate of drug-likeness (QED) is 0.809. The first kappa shape index (κ1) is 11.3. The van der Waals surface area contributed by atoms with Crippen LogP contribution < -0.4 is 11.1 Å². The maximum atomic E-state index is 6.22. The largest absolute Gasteiger partial charge is 0.397 e. The highest BCUT2D eigenvalue weighted by molar-refractivity contribution is 5.96. The molecule has 1 fully saturated rings. The molecule has 1 aromatic carbocycles. The zero-order chi connectivity index (χ0) is 12.5. The van der Waals surface area contributed by atoms with E-state index in [4.69, 9.17) is 5.73 Å². The summed E-state index contributed by atoms with van der Waals surface area (Å²) in [4.78, 5) is 4.32. The van der Waals surface area contributed by atoms with E-state index in [2.05, 4.69) is 17.2 Å². The van der Waals surface area contributed by atoms with Gasteiger partial charge >= 0.3 is 0 Å². The highest BCUT2D eigenvalue weighted by Gasteiger charge is 2.24. The van der Waals surface area contributed by atoms with Crippen molar-refractivity contribution >= 4 is 22.3 Å². The van der Waals surface area contributed by atoms with Crippen molar-refractivity contribution in [2.75, 3.05) is 11.1 Å². The Bertz CT molecular complexity index is 561. The van der Waals surface area contributed by atoms with E-state index in [0.29, 0.717) is 6.04 Å². The summed E-state index contributed by atoms with van der Waals surface area (Å²) in [6, 6.07) is 8.52. The summed E-state index contributed by atoms with van der Waals surface area (Å²) >= 11 is 0. The number of nitrogens with two attached hydrogens (primary N) is 1. The lowest BCUT2D eigenvalue weighted by Gasteiger charge is -2.32. The van der Waals surface area contributed by atoms with E-state index in [1.807, 2.05) is 24.3 Å². The molecule has 3 nitrogen and oxygen atoms in total. The molecule has 18 heavy (non-hydrogen) atoms. The van der Waals surface area contributed by atoms with Crippen molar-refractivity contribution in [3.8, 4) is 0 Å². The third-order valence-corrected chi connectivity index (χ3v) is 4.07. The maximum Gasteiger partial charge on any atom is 0.0724 e. The Morgan fingerprint density at radius 1 is 1.33 bits per heavy atom. The van der Waals surface area contributed by atoms with Crippen LogP contribution in [0.1, 0.15) is 26.2 Å². The van der Waals surface area contributed by atoms with Gasteiger partial charge in [0.15, 0.2) is 0 Å². The molecule has 0 spiro atoms. The topological polar surface area (TPSA) is 50.9 Å². The number of pyridine rings is 1. The van der Waals surface area contributed by atoms with Crippen LogP contribution in [-0.2, 0) is 0 Å². The molecule has 1 aliphatic carbocycles. The standard InChI is InChI=1S/C15H19N3/c1-10(11-4-2-5-11)18-14-8-7-13-12(15(14)16)6-3-9-17-13/h3,6-11,18H,2,4-5,16H2,1H3. The van der Waals surface area contributed by atoms with E-state index in [-0.39, 0.29) is 0 Å². The van der Waals surface area contributed by atoms with Crippen LogP contribution >= 0.6 is 0 Å². The molecule has 1 heterocycles. The van der Waals surface area contributed by atoms with Crippen LogP contribution in [0.25, 0.3) is 10.9 Å². The first-order valence-corrected chi connectivity index (χ1v) is 6.65. The van der Waals surface area contributed by atoms with Crippen LogP contribution in [0.5, 0.6) is 0 Å². The van der Waals surface area contributed by atoms with Crippen molar-refractivity contribution in [2.24, 2.45) is 5.92 Å². The average Bonchev–Trinajstić information content (AvgIpc) is 2.31. The van der Waals surface area contributed by atoms with E-state index in [0.717, 1.165) is 28.2 Å². The van der Waals surface area contributed by atoms with Gasteiger partial charge in [0.05, 0.1) is 16.9 Å². The summed E-state index contributed by atoms with van der Waals surface area (Å²) in [6.45, 7) is 2.25. The van der Waals surface area contributed by atoms with E-state index < -0.39 is 0 Å². The number of hydrogen-bond donors (Lipinski definition) is 2. The minimum Gasteiger partial charge on any atom is -0.397 e. The molecule has 1 saturated carbocycles. The number of nitrogen functional groups attached to an aromatic ring is 1. The second-order valence-electron chi connectivity index (χ2n) is 5.22. The van der Waals surface area contributed by atoms with E-state index in [1.54, 1.807) is 6.20 Å². The number of rotatable bonds is 3. The number of fused-ring (bicyclic) bond motifs is 1. The number of nitrogens with one attached hydrogen (secondary N) is 1. The second kappa shape index (κ2) is 4.48. The van der Waals surface area contributed by atoms with E-state index in [9.17, 15) is 0 Å². The van der Waals surface area contributed by atoms with Crippen LogP contribution in [0.2, 0.25) is 0 Å². The summed E-state index contributed by atoms with van der Waals surface area (Å²) in [5.74, 6) is 0.800. The van der Waals surface area contributed by atoms with Crippen LogP contribution in [-0.4, -0.2) is 11.0 Å². The van der Waals surface area contributed by atoms with Gasteiger partial charge < -0.3 is 11.1 Å². The molecule has 3 N–H and O–H groups in total. The summed E-state index contributed by atoms with van der Waals surface area (Å²) in [6.07, 6.45) is 5.84. The van der Waals surface area contributed by atoms with E-state index >= 15 is 0 Å². The highest BCUT2D eigenvalue weighted by atomic mass is 14.9. The smallest absolute Gasteiger partial charge is 0.0724 e. The minimum absolute atomic E-state index is 0.496. The molecule has 94 valence electrons. The third kappa shape index (κ3) is 1.90. The van der Waals surface area contributed by atoms with Crippen LogP contribution in [0, 0.1) is 5.92 Å². The summed E-state index contributed by atoms with van der Waals surface area (Å²) < 4.78 is 0. The molecule has 1 unspecified atom stereocenters. The molecule has 0 saturated heterocycles. The van der Waals surface area contributed by atoms with E-state index in [1.165, 1.54) is 19.3 Å². The first-order valence-electron chi connectivity index (χ1n) is 6.65. The first-order chi connectivity index (χ1) is 8.75. The fourth-order valence-electron chi connectivity index (χ4n) is 2.60. The molecule has 0 bridgehead atoms. The second-order valence-corrected chi connectivity index (χ2v) is 5.22. The third-order valence-electron chi connectivity index (χ3n) is 4.07. The maximum absolute atomic E-state index is 6.22. The summed E-state index contributed by atoms with van der Waals surface area (Å²) in [5, 5.41) is 4.58. The fraction of sp³-hybridized carbons (Fsp3) is 0.400. The predicted molar refractivity (Wildman–Crippen MR) is 76.6 cm³/mol. The number of nitrogens with zero attached hydrogens (tertiary/aromatic N) is 1. The predicted octanol–water partition coefficient (Wildman–Crippen LogP) is 3.42. The van der Waals surface area contributed by atoms with Crippen molar-refractivity contribution in [3.05, 3.63) is 30.5 Å². The van der Waals surface area contributed by atoms with Crippen molar-refractivity contribution in [3.63, 3.8) is 0 Å². The van der Waals surface area contributed by atoms with Crippen molar-refractivity contribution in [1.29, 1.82) is 0 Å².